The van der Waals surface area contributed by atoms with E-state index in [9.17, 15) is 14.0 Å². The minimum absolute atomic E-state index is 0.0820. The number of anilines is 2. The molecule has 0 aliphatic heterocycles. The van der Waals surface area contributed by atoms with Gasteiger partial charge in [0.05, 0.1) is 17.9 Å². The van der Waals surface area contributed by atoms with E-state index in [0.29, 0.717) is 16.4 Å². The van der Waals surface area contributed by atoms with Crippen LogP contribution in [0.15, 0.2) is 57.1 Å². The van der Waals surface area contributed by atoms with Gasteiger partial charge in [0, 0.05) is 17.9 Å². The first-order valence-electron chi connectivity index (χ1n) is 9.48. The summed E-state index contributed by atoms with van der Waals surface area (Å²) in [6.45, 7) is 5.56. The van der Waals surface area contributed by atoms with Crippen molar-refractivity contribution in [3.8, 4) is 11.5 Å². The minimum atomic E-state index is -0.647. The molecular weight excluding hydrogens is 419 g/mol. The van der Waals surface area contributed by atoms with Crippen LogP contribution in [0.4, 0.5) is 15.2 Å². The maximum absolute atomic E-state index is 13.1. The molecule has 0 atom stereocenters. The Hall–Kier alpha value is -3.59. The highest BCUT2D eigenvalue weighted by molar-refractivity contribution is 7.14. The zero-order chi connectivity index (χ0) is 22.1. The topological polar surface area (TPSA) is 81.2 Å². The van der Waals surface area contributed by atoms with Gasteiger partial charge in [-0.2, -0.15) is 4.68 Å². The van der Waals surface area contributed by atoms with E-state index in [1.54, 1.807) is 5.38 Å². The van der Waals surface area contributed by atoms with Crippen molar-refractivity contribution in [3.63, 3.8) is 0 Å². The predicted octanol–water partition coefficient (Wildman–Crippen LogP) is 4.45. The molecule has 31 heavy (non-hydrogen) atoms. The van der Waals surface area contributed by atoms with Crippen LogP contribution in [-0.2, 0) is 11.3 Å². The van der Waals surface area contributed by atoms with Gasteiger partial charge in [0.2, 0.25) is 11.8 Å². The first-order valence-corrected chi connectivity index (χ1v) is 10.4. The average Bonchev–Trinajstić information content (AvgIpc) is 3.32. The smallest absolute Gasteiger partial charge is 0.388 e. The van der Waals surface area contributed by atoms with E-state index in [1.165, 1.54) is 47.4 Å². The summed E-state index contributed by atoms with van der Waals surface area (Å²) in [6.07, 6.45) is 0. The highest BCUT2D eigenvalue weighted by Gasteiger charge is 2.19. The standard InChI is InChI=1S/C22H19FN4O3S/c1-13-4-9-19(10-14(13)2)27(15(3)28)21-24-18(12-31-21)11-26-22(29)30-20(25-26)16-5-7-17(23)8-6-16/h4-10,12H,11H2,1-3H3. The molecule has 0 saturated heterocycles. The molecule has 0 N–H and O–H groups in total. The summed E-state index contributed by atoms with van der Waals surface area (Å²) in [7, 11) is 0. The van der Waals surface area contributed by atoms with E-state index in [2.05, 4.69) is 10.1 Å². The largest absolute Gasteiger partial charge is 0.437 e. The van der Waals surface area contributed by atoms with Crippen LogP contribution in [0.25, 0.3) is 11.5 Å². The summed E-state index contributed by atoms with van der Waals surface area (Å²) in [6, 6.07) is 11.3. The van der Waals surface area contributed by atoms with Crippen molar-refractivity contribution in [2.45, 2.75) is 27.3 Å². The van der Waals surface area contributed by atoms with E-state index >= 15 is 0 Å². The molecule has 0 radical (unpaired) electrons. The number of rotatable bonds is 5. The second-order valence-corrected chi connectivity index (χ2v) is 7.92. The quantitative estimate of drug-likeness (QED) is 0.460. The molecule has 2 aromatic carbocycles. The lowest BCUT2D eigenvalue weighted by Crippen LogP contribution is -2.23. The maximum Gasteiger partial charge on any atom is 0.437 e. The van der Waals surface area contributed by atoms with Gasteiger partial charge in [0.15, 0.2) is 5.13 Å². The third-order valence-corrected chi connectivity index (χ3v) is 5.68. The molecule has 4 rings (SSSR count). The molecule has 1 amide bonds. The van der Waals surface area contributed by atoms with Crippen LogP contribution in [-0.4, -0.2) is 20.7 Å². The van der Waals surface area contributed by atoms with Crippen molar-refractivity contribution < 1.29 is 13.6 Å². The van der Waals surface area contributed by atoms with Crippen LogP contribution in [0.5, 0.6) is 0 Å². The molecule has 0 aliphatic carbocycles. The van der Waals surface area contributed by atoms with Gasteiger partial charge >= 0.3 is 5.76 Å². The Morgan fingerprint density at radius 3 is 2.58 bits per heavy atom. The molecule has 7 nitrogen and oxygen atoms in total. The number of nitrogens with zero attached hydrogens (tertiary/aromatic N) is 4. The van der Waals surface area contributed by atoms with E-state index in [4.69, 9.17) is 4.42 Å². The highest BCUT2D eigenvalue weighted by Crippen LogP contribution is 2.30. The third-order valence-electron chi connectivity index (χ3n) is 4.80. The molecule has 4 aromatic rings. The fraction of sp³-hybridized carbons (Fsp3) is 0.182. The number of hydrogen-bond acceptors (Lipinski definition) is 6. The van der Waals surface area contributed by atoms with Gasteiger partial charge in [-0.1, -0.05) is 6.07 Å². The summed E-state index contributed by atoms with van der Waals surface area (Å²) in [5.41, 5.74) is 4.00. The number of benzene rings is 2. The number of thiazole rings is 1. The second-order valence-electron chi connectivity index (χ2n) is 7.08. The van der Waals surface area contributed by atoms with Crippen LogP contribution < -0.4 is 10.7 Å². The zero-order valence-electron chi connectivity index (χ0n) is 17.1. The van der Waals surface area contributed by atoms with Gasteiger partial charge in [0.1, 0.15) is 5.82 Å². The summed E-state index contributed by atoms with van der Waals surface area (Å²) in [5.74, 6) is -1.10. The van der Waals surface area contributed by atoms with Gasteiger partial charge in [-0.25, -0.2) is 14.2 Å². The second kappa shape index (κ2) is 8.27. The van der Waals surface area contributed by atoms with Gasteiger partial charge < -0.3 is 4.42 Å². The van der Waals surface area contributed by atoms with E-state index < -0.39 is 5.76 Å². The molecule has 9 heteroatoms. The van der Waals surface area contributed by atoms with Crippen LogP contribution in [0.1, 0.15) is 23.7 Å². The number of aromatic nitrogens is 3. The number of carbonyl (C=O) groups is 1. The summed E-state index contributed by atoms with van der Waals surface area (Å²) in [4.78, 5) is 30.6. The Balaban J connectivity index is 1.60. The molecule has 0 aliphatic rings. The Morgan fingerprint density at radius 2 is 1.90 bits per heavy atom. The SMILES string of the molecule is CC(=O)N(c1ccc(C)c(C)c1)c1nc(Cn2nc(-c3ccc(F)cc3)oc2=O)cs1. The van der Waals surface area contributed by atoms with Crippen molar-refractivity contribution >= 4 is 28.1 Å². The van der Waals surface area contributed by atoms with Crippen molar-refractivity contribution in [1.82, 2.24) is 14.8 Å². The molecular formula is C22H19FN4O3S. The van der Waals surface area contributed by atoms with Gasteiger partial charge in [0.25, 0.3) is 0 Å². The van der Waals surface area contributed by atoms with Crippen LogP contribution in [0.3, 0.4) is 0 Å². The lowest BCUT2D eigenvalue weighted by atomic mass is 10.1. The number of aryl methyl sites for hydroxylation is 2. The Kier molecular flexibility index (Phi) is 5.51. The molecule has 0 unspecified atom stereocenters. The molecule has 2 heterocycles. The number of carbonyl (C=O) groups excluding carboxylic acids is 1. The molecule has 2 aromatic heterocycles. The van der Waals surface area contributed by atoms with E-state index in [1.807, 2.05) is 32.0 Å². The lowest BCUT2D eigenvalue weighted by molar-refractivity contribution is -0.115. The fourth-order valence-corrected chi connectivity index (χ4v) is 3.91. The minimum Gasteiger partial charge on any atom is -0.388 e. The molecule has 0 fully saturated rings. The van der Waals surface area contributed by atoms with Crippen LogP contribution in [0, 0.1) is 19.7 Å². The average molecular weight is 438 g/mol. The summed E-state index contributed by atoms with van der Waals surface area (Å²) < 4.78 is 19.4. The van der Waals surface area contributed by atoms with Crippen molar-refractivity contribution in [3.05, 3.63) is 81.0 Å². The molecule has 0 spiro atoms. The number of hydrogen-bond donors (Lipinski definition) is 0. The summed E-state index contributed by atoms with van der Waals surface area (Å²) >= 11 is 1.30. The summed E-state index contributed by atoms with van der Waals surface area (Å²) in [5, 5.41) is 6.44. The van der Waals surface area contributed by atoms with Gasteiger partial charge in [-0.05, 0) is 61.4 Å². The van der Waals surface area contributed by atoms with E-state index in [0.717, 1.165) is 21.5 Å². The number of halogens is 1. The lowest BCUT2D eigenvalue weighted by Gasteiger charge is -2.19. The molecule has 0 bridgehead atoms. The Labute approximate surface area is 181 Å². The number of amides is 1. The Morgan fingerprint density at radius 1 is 1.16 bits per heavy atom. The van der Waals surface area contributed by atoms with Crippen molar-refractivity contribution in [1.29, 1.82) is 0 Å². The highest BCUT2D eigenvalue weighted by atomic mass is 32.1. The zero-order valence-corrected chi connectivity index (χ0v) is 17.9. The van der Waals surface area contributed by atoms with Crippen LogP contribution in [0.2, 0.25) is 0 Å². The predicted molar refractivity (Wildman–Crippen MR) is 116 cm³/mol. The normalized spacial score (nSPS) is 11.0. The molecule has 0 saturated carbocycles. The monoisotopic (exact) mass is 438 g/mol. The maximum atomic E-state index is 13.1. The fourth-order valence-electron chi connectivity index (χ4n) is 3.03. The molecule has 158 valence electrons. The third kappa shape index (κ3) is 4.31. The first kappa shape index (κ1) is 20.7. The Bertz CT molecular complexity index is 1310. The van der Waals surface area contributed by atoms with E-state index in [-0.39, 0.29) is 24.2 Å². The van der Waals surface area contributed by atoms with Crippen LogP contribution >= 0.6 is 11.3 Å². The first-order chi connectivity index (χ1) is 14.8. The van der Waals surface area contributed by atoms with Gasteiger partial charge in [-0.3, -0.25) is 9.69 Å². The van der Waals surface area contributed by atoms with Gasteiger partial charge in [-0.15, -0.1) is 16.4 Å². The van der Waals surface area contributed by atoms with Crippen molar-refractivity contribution in [2.75, 3.05) is 4.90 Å². The van der Waals surface area contributed by atoms with Crippen molar-refractivity contribution in [2.24, 2.45) is 0 Å².